The summed E-state index contributed by atoms with van der Waals surface area (Å²) in [6, 6.07) is -0.0117. The van der Waals surface area contributed by atoms with Crippen molar-refractivity contribution in [3.05, 3.63) is 0 Å². The number of nitrogens with zero attached hydrogens (tertiary/aromatic N) is 2. The van der Waals surface area contributed by atoms with Gasteiger partial charge in [-0.15, -0.1) is 0 Å². The van der Waals surface area contributed by atoms with Crippen LogP contribution >= 0.6 is 0 Å². The lowest BCUT2D eigenvalue weighted by molar-refractivity contribution is -0.119. The summed E-state index contributed by atoms with van der Waals surface area (Å²) in [5.74, 6) is 1.67. The van der Waals surface area contributed by atoms with Crippen LogP contribution in [0.3, 0.4) is 0 Å². The van der Waals surface area contributed by atoms with Gasteiger partial charge in [0.1, 0.15) is 11.9 Å². The number of aliphatic imine (C=N–C) groups is 1. The molecule has 0 aromatic rings. The minimum atomic E-state index is -0.0117. The van der Waals surface area contributed by atoms with Gasteiger partial charge in [-0.1, -0.05) is 13.8 Å². The minimum Gasteiger partial charge on any atom is -0.351 e. The van der Waals surface area contributed by atoms with Gasteiger partial charge in [0.25, 0.3) is 0 Å². The zero-order valence-electron chi connectivity index (χ0n) is 8.16. The van der Waals surface area contributed by atoms with Gasteiger partial charge in [-0.2, -0.15) is 0 Å². The fourth-order valence-electron chi connectivity index (χ4n) is 1.56. The van der Waals surface area contributed by atoms with Crippen LogP contribution in [0.4, 0.5) is 0 Å². The Bertz CT molecular complexity index is 221. The largest absolute Gasteiger partial charge is 0.351 e. The highest BCUT2D eigenvalue weighted by atomic mass is 16.1. The van der Waals surface area contributed by atoms with E-state index in [1.54, 1.807) is 6.92 Å². The number of hydrogen-bond donors (Lipinski definition) is 0. The first kappa shape index (κ1) is 9.23. The smallest absolute Gasteiger partial charge is 0.154 e. The van der Waals surface area contributed by atoms with Gasteiger partial charge in [0.05, 0.1) is 6.54 Å². The quantitative estimate of drug-likeness (QED) is 0.615. The van der Waals surface area contributed by atoms with Crippen molar-refractivity contribution in [3.63, 3.8) is 0 Å². The summed E-state index contributed by atoms with van der Waals surface area (Å²) in [7, 11) is 1.94. The molecule has 0 fully saturated rings. The van der Waals surface area contributed by atoms with E-state index in [1.807, 2.05) is 11.9 Å². The maximum absolute atomic E-state index is 11.1. The van der Waals surface area contributed by atoms with E-state index in [0.717, 1.165) is 5.84 Å². The SMILES string of the molecule is CC(=O)[C@H]1CN=C(C(C)C)N1C. The first-order valence-corrected chi connectivity index (χ1v) is 4.31. The number of likely N-dealkylation sites (N-methyl/N-ethyl adjacent to an activating group) is 1. The molecule has 1 heterocycles. The molecule has 0 aromatic carbocycles. The molecular formula is C9H16N2O. The summed E-state index contributed by atoms with van der Waals surface area (Å²) in [6.45, 7) is 6.45. The Morgan fingerprint density at radius 2 is 2.25 bits per heavy atom. The summed E-state index contributed by atoms with van der Waals surface area (Å²) in [5.41, 5.74) is 0. The van der Waals surface area contributed by atoms with E-state index in [9.17, 15) is 4.79 Å². The molecule has 0 bridgehead atoms. The van der Waals surface area contributed by atoms with Gasteiger partial charge in [-0.05, 0) is 6.92 Å². The van der Waals surface area contributed by atoms with Gasteiger partial charge in [-0.25, -0.2) is 0 Å². The topological polar surface area (TPSA) is 32.7 Å². The number of hydrogen-bond acceptors (Lipinski definition) is 3. The number of carbonyl (C=O) groups excluding carboxylic acids is 1. The number of amidine groups is 1. The molecule has 0 radical (unpaired) electrons. The van der Waals surface area contributed by atoms with Crippen molar-refractivity contribution in [1.29, 1.82) is 0 Å². The van der Waals surface area contributed by atoms with E-state index in [4.69, 9.17) is 0 Å². The van der Waals surface area contributed by atoms with E-state index >= 15 is 0 Å². The average Bonchev–Trinajstić information content (AvgIpc) is 2.30. The first-order chi connectivity index (χ1) is 5.54. The third kappa shape index (κ3) is 1.49. The molecule has 1 atom stereocenters. The predicted octanol–water partition coefficient (Wildman–Crippen LogP) is 0.944. The zero-order valence-corrected chi connectivity index (χ0v) is 8.16. The van der Waals surface area contributed by atoms with Gasteiger partial charge in [0, 0.05) is 13.0 Å². The Hall–Kier alpha value is -0.860. The summed E-state index contributed by atoms with van der Waals surface area (Å²) < 4.78 is 0. The molecule has 0 N–H and O–H groups in total. The third-order valence-electron chi connectivity index (χ3n) is 2.24. The second kappa shape index (κ2) is 3.25. The average molecular weight is 168 g/mol. The van der Waals surface area contributed by atoms with Crippen LogP contribution in [-0.2, 0) is 4.79 Å². The van der Waals surface area contributed by atoms with Crippen molar-refractivity contribution in [2.45, 2.75) is 26.8 Å². The van der Waals surface area contributed by atoms with Crippen LogP contribution in [0.1, 0.15) is 20.8 Å². The molecule has 12 heavy (non-hydrogen) atoms. The van der Waals surface area contributed by atoms with E-state index < -0.39 is 0 Å². The molecule has 68 valence electrons. The Kier molecular flexibility index (Phi) is 2.50. The number of Topliss-reactive ketones (excluding diaryl/α,β-unsaturated/α-hetero) is 1. The Morgan fingerprint density at radius 1 is 1.67 bits per heavy atom. The maximum atomic E-state index is 11.1. The van der Waals surface area contributed by atoms with Crippen LogP contribution in [-0.4, -0.2) is 36.2 Å². The monoisotopic (exact) mass is 168 g/mol. The lowest BCUT2D eigenvalue weighted by Crippen LogP contribution is -2.39. The fraction of sp³-hybridized carbons (Fsp3) is 0.778. The number of ketones is 1. The van der Waals surface area contributed by atoms with Gasteiger partial charge < -0.3 is 4.90 Å². The van der Waals surface area contributed by atoms with E-state index in [-0.39, 0.29) is 11.8 Å². The molecule has 0 saturated carbocycles. The molecule has 0 aromatic heterocycles. The Labute approximate surface area is 73.5 Å². The molecule has 1 aliphatic rings. The van der Waals surface area contributed by atoms with Crippen molar-refractivity contribution in [3.8, 4) is 0 Å². The van der Waals surface area contributed by atoms with Gasteiger partial charge in [-0.3, -0.25) is 9.79 Å². The van der Waals surface area contributed by atoms with Gasteiger partial charge >= 0.3 is 0 Å². The highest BCUT2D eigenvalue weighted by molar-refractivity contribution is 5.93. The number of carbonyl (C=O) groups is 1. The Morgan fingerprint density at radius 3 is 2.50 bits per heavy atom. The molecule has 0 aliphatic carbocycles. The Balaban J connectivity index is 2.69. The third-order valence-corrected chi connectivity index (χ3v) is 2.24. The molecule has 3 nitrogen and oxygen atoms in total. The minimum absolute atomic E-state index is 0.0117. The molecular weight excluding hydrogens is 152 g/mol. The van der Waals surface area contributed by atoms with Crippen molar-refractivity contribution >= 4 is 11.6 Å². The molecule has 0 amide bonds. The summed E-state index contributed by atoms with van der Waals surface area (Å²) in [6.07, 6.45) is 0. The van der Waals surface area contributed by atoms with Crippen LogP contribution in [0.15, 0.2) is 4.99 Å². The molecule has 0 saturated heterocycles. The predicted molar refractivity (Wildman–Crippen MR) is 49.4 cm³/mol. The van der Waals surface area contributed by atoms with E-state index in [2.05, 4.69) is 18.8 Å². The van der Waals surface area contributed by atoms with Gasteiger partial charge in [0.15, 0.2) is 5.78 Å². The van der Waals surface area contributed by atoms with Crippen LogP contribution in [0.25, 0.3) is 0 Å². The van der Waals surface area contributed by atoms with Crippen LogP contribution < -0.4 is 0 Å². The number of rotatable bonds is 2. The van der Waals surface area contributed by atoms with Gasteiger partial charge in [0.2, 0.25) is 0 Å². The highest BCUT2D eigenvalue weighted by Crippen LogP contribution is 2.14. The van der Waals surface area contributed by atoms with Crippen LogP contribution in [0, 0.1) is 5.92 Å². The highest BCUT2D eigenvalue weighted by Gasteiger charge is 2.28. The standard InChI is InChI=1S/C9H16N2O/c1-6(2)9-10-5-8(7(3)12)11(9)4/h6,8H,5H2,1-4H3/t8-/m1/s1. The van der Waals surface area contributed by atoms with Crippen molar-refractivity contribution in [1.82, 2.24) is 4.90 Å². The molecule has 0 spiro atoms. The normalized spacial score (nSPS) is 23.2. The lowest BCUT2D eigenvalue weighted by atomic mass is 10.1. The second-order valence-corrected chi connectivity index (χ2v) is 3.59. The zero-order chi connectivity index (χ0) is 9.30. The maximum Gasteiger partial charge on any atom is 0.154 e. The molecule has 1 aliphatic heterocycles. The summed E-state index contributed by atoms with van der Waals surface area (Å²) in [5, 5.41) is 0. The van der Waals surface area contributed by atoms with Crippen LogP contribution in [0.5, 0.6) is 0 Å². The van der Waals surface area contributed by atoms with E-state index in [1.165, 1.54) is 0 Å². The summed E-state index contributed by atoms with van der Waals surface area (Å²) in [4.78, 5) is 17.4. The van der Waals surface area contributed by atoms with Crippen LogP contribution in [0.2, 0.25) is 0 Å². The fourth-order valence-corrected chi connectivity index (χ4v) is 1.56. The molecule has 0 unspecified atom stereocenters. The molecule has 3 heteroatoms. The van der Waals surface area contributed by atoms with Crippen molar-refractivity contribution in [2.75, 3.05) is 13.6 Å². The lowest BCUT2D eigenvalue weighted by Gasteiger charge is -2.22. The second-order valence-electron chi connectivity index (χ2n) is 3.59. The van der Waals surface area contributed by atoms with Crippen molar-refractivity contribution < 1.29 is 4.79 Å². The molecule has 1 rings (SSSR count). The first-order valence-electron chi connectivity index (χ1n) is 4.31. The van der Waals surface area contributed by atoms with E-state index in [0.29, 0.717) is 12.5 Å². The summed E-state index contributed by atoms with van der Waals surface area (Å²) >= 11 is 0. The van der Waals surface area contributed by atoms with Crippen molar-refractivity contribution in [2.24, 2.45) is 10.9 Å².